The third-order valence-corrected chi connectivity index (χ3v) is 2.13. The van der Waals surface area contributed by atoms with Gasteiger partial charge >= 0.3 is 6.18 Å². The Kier molecular flexibility index (Phi) is 2.63. The molecule has 0 radical (unpaired) electrons. The van der Waals surface area contributed by atoms with E-state index in [4.69, 9.17) is 0 Å². The number of hydrogen-bond donors (Lipinski definition) is 2. The van der Waals surface area contributed by atoms with Crippen LogP contribution in [0, 0.1) is 0 Å². The Bertz CT molecular complexity index is 151. The quantitative estimate of drug-likeness (QED) is 0.631. The largest absolute Gasteiger partial charge is 0.406 e. The van der Waals surface area contributed by atoms with Gasteiger partial charge in [-0.15, -0.1) is 0 Å². The lowest BCUT2D eigenvalue weighted by Crippen LogP contribution is -2.46. The summed E-state index contributed by atoms with van der Waals surface area (Å²) in [6, 6.07) is 0. The number of likely N-dealkylation sites (N-methyl/N-ethyl adjacent to an activating group) is 1. The zero-order chi connectivity index (χ0) is 9.24. The molecular weight excluding hydrogens is 169 g/mol. The summed E-state index contributed by atoms with van der Waals surface area (Å²) >= 11 is 0. The molecule has 1 saturated carbocycles. The maximum Gasteiger partial charge on any atom is 0.406 e. The van der Waals surface area contributed by atoms with Crippen molar-refractivity contribution in [2.75, 3.05) is 20.1 Å². The standard InChI is InChI=1S/C7H13F3N2/c1-11-4-5-12-6(2-3-6)7(8,9)10/h11-12H,2-5H2,1H3. The second-order valence-corrected chi connectivity index (χ2v) is 3.11. The van der Waals surface area contributed by atoms with E-state index >= 15 is 0 Å². The zero-order valence-electron chi connectivity index (χ0n) is 6.96. The van der Waals surface area contributed by atoms with Crippen LogP contribution in [-0.2, 0) is 0 Å². The monoisotopic (exact) mass is 182 g/mol. The van der Waals surface area contributed by atoms with E-state index in [9.17, 15) is 13.2 Å². The van der Waals surface area contributed by atoms with E-state index in [1.54, 1.807) is 7.05 Å². The van der Waals surface area contributed by atoms with Crippen LogP contribution in [0.1, 0.15) is 12.8 Å². The third kappa shape index (κ3) is 1.90. The fraction of sp³-hybridized carbons (Fsp3) is 1.00. The molecule has 5 heteroatoms. The Balaban J connectivity index is 2.30. The van der Waals surface area contributed by atoms with Crippen LogP contribution in [0.3, 0.4) is 0 Å². The zero-order valence-corrected chi connectivity index (χ0v) is 6.96. The lowest BCUT2D eigenvalue weighted by Gasteiger charge is -2.20. The van der Waals surface area contributed by atoms with Gasteiger partial charge in [-0.25, -0.2) is 0 Å². The number of halogens is 3. The molecule has 1 fully saturated rings. The lowest BCUT2D eigenvalue weighted by molar-refractivity contribution is -0.165. The molecule has 12 heavy (non-hydrogen) atoms. The van der Waals surface area contributed by atoms with Gasteiger partial charge in [0.2, 0.25) is 0 Å². The molecule has 0 unspecified atom stereocenters. The average Bonchev–Trinajstić information content (AvgIpc) is 2.67. The smallest absolute Gasteiger partial charge is 0.318 e. The van der Waals surface area contributed by atoms with Gasteiger partial charge in [0.15, 0.2) is 0 Å². The van der Waals surface area contributed by atoms with Crippen molar-refractivity contribution in [2.45, 2.75) is 24.6 Å². The summed E-state index contributed by atoms with van der Waals surface area (Å²) in [4.78, 5) is 0. The molecule has 0 aromatic rings. The number of alkyl halides is 3. The second-order valence-electron chi connectivity index (χ2n) is 3.11. The minimum atomic E-state index is -4.08. The van der Waals surface area contributed by atoms with Crippen LogP contribution in [0.2, 0.25) is 0 Å². The highest BCUT2D eigenvalue weighted by Gasteiger charge is 2.62. The van der Waals surface area contributed by atoms with Crippen LogP contribution in [-0.4, -0.2) is 31.9 Å². The van der Waals surface area contributed by atoms with Crippen LogP contribution < -0.4 is 10.6 Å². The molecule has 2 nitrogen and oxygen atoms in total. The highest BCUT2D eigenvalue weighted by Crippen LogP contribution is 2.48. The summed E-state index contributed by atoms with van der Waals surface area (Å²) in [5.41, 5.74) is -1.55. The number of nitrogens with one attached hydrogen (secondary N) is 2. The van der Waals surface area contributed by atoms with E-state index in [1.807, 2.05) is 0 Å². The number of rotatable bonds is 4. The van der Waals surface area contributed by atoms with Crippen molar-refractivity contribution >= 4 is 0 Å². The molecule has 1 aliphatic carbocycles. The van der Waals surface area contributed by atoms with Gasteiger partial charge in [-0.1, -0.05) is 0 Å². The van der Waals surface area contributed by atoms with Gasteiger partial charge in [0.25, 0.3) is 0 Å². The van der Waals surface area contributed by atoms with Crippen LogP contribution in [0.15, 0.2) is 0 Å². The molecular formula is C7H13F3N2. The third-order valence-electron chi connectivity index (χ3n) is 2.13. The first-order chi connectivity index (χ1) is 5.52. The van der Waals surface area contributed by atoms with Gasteiger partial charge in [-0.3, -0.25) is 0 Å². The van der Waals surface area contributed by atoms with Gasteiger partial charge in [-0.2, -0.15) is 13.2 Å². The normalized spacial score (nSPS) is 21.0. The van der Waals surface area contributed by atoms with Crippen molar-refractivity contribution in [3.8, 4) is 0 Å². The van der Waals surface area contributed by atoms with E-state index in [2.05, 4.69) is 10.6 Å². The molecule has 0 amide bonds. The summed E-state index contributed by atoms with van der Waals surface area (Å²) in [5, 5.41) is 5.31. The van der Waals surface area contributed by atoms with E-state index in [-0.39, 0.29) is 12.8 Å². The minimum Gasteiger partial charge on any atom is -0.318 e. The van der Waals surface area contributed by atoms with Gasteiger partial charge in [0.1, 0.15) is 5.54 Å². The van der Waals surface area contributed by atoms with Crippen LogP contribution in [0.4, 0.5) is 13.2 Å². The van der Waals surface area contributed by atoms with Crippen LogP contribution in [0.25, 0.3) is 0 Å². The van der Waals surface area contributed by atoms with Crippen molar-refractivity contribution in [2.24, 2.45) is 0 Å². The Labute approximate surface area is 69.5 Å². The van der Waals surface area contributed by atoms with Crippen molar-refractivity contribution in [3.63, 3.8) is 0 Å². The predicted octanol–water partition coefficient (Wildman–Crippen LogP) is 0.890. The SMILES string of the molecule is CNCCNC1(C(F)(F)F)CC1. The molecule has 0 atom stereocenters. The topological polar surface area (TPSA) is 24.1 Å². The van der Waals surface area contributed by atoms with E-state index < -0.39 is 11.7 Å². The summed E-state index contributed by atoms with van der Waals surface area (Å²) in [7, 11) is 1.72. The molecule has 0 heterocycles. The molecule has 0 saturated heterocycles. The predicted molar refractivity (Wildman–Crippen MR) is 39.9 cm³/mol. The van der Waals surface area contributed by atoms with E-state index in [1.165, 1.54) is 0 Å². The molecule has 0 aromatic carbocycles. The average molecular weight is 182 g/mol. The van der Waals surface area contributed by atoms with Crippen molar-refractivity contribution in [1.82, 2.24) is 10.6 Å². The van der Waals surface area contributed by atoms with Gasteiger partial charge in [-0.05, 0) is 19.9 Å². The Morgan fingerprint density at radius 2 is 1.83 bits per heavy atom. The van der Waals surface area contributed by atoms with Crippen molar-refractivity contribution in [1.29, 1.82) is 0 Å². The minimum absolute atomic E-state index is 0.222. The first-order valence-corrected chi connectivity index (χ1v) is 3.98. The summed E-state index contributed by atoms with van der Waals surface area (Å²) in [6.45, 7) is 0.938. The summed E-state index contributed by atoms with van der Waals surface area (Å²) < 4.78 is 36.7. The Morgan fingerprint density at radius 1 is 1.25 bits per heavy atom. The first kappa shape index (κ1) is 9.80. The Morgan fingerprint density at radius 3 is 2.17 bits per heavy atom. The van der Waals surface area contributed by atoms with Gasteiger partial charge in [0, 0.05) is 13.1 Å². The molecule has 2 N–H and O–H groups in total. The molecule has 1 aliphatic rings. The second kappa shape index (κ2) is 3.22. The molecule has 0 spiro atoms. The highest BCUT2D eigenvalue weighted by molar-refractivity contribution is 5.07. The van der Waals surface area contributed by atoms with E-state index in [0.717, 1.165) is 0 Å². The maximum absolute atomic E-state index is 12.2. The molecule has 0 aliphatic heterocycles. The van der Waals surface area contributed by atoms with Gasteiger partial charge in [0.05, 0.1) is 0 Å². The van der Waals surface area contributed by atoms with Crippen LogP contribution >= 0.6 is 0 Å². The fourth-order valence-electron chi connectivity index (χ4n) is 1.11. The summed E-state index contributed by atoms with van der Waals surface area (Å²) in [6.07, 6.45) is -3.64. The summed E-state index contributed by atoms with van der Waals surface area (Å²) in [5.74, 6) is 0. The molecule has 0 bridgehead atoms. The van der Waals surface area contributed by atoms with Crippen molar-refractivity contribution in [3.05, 3.63) is 0 Å². The van der Waals surface area contributed by atoms with Gasteiger partial charge < -0.3 is 10.6 Å². The Hall–Kier alpha value is -0.290. The maximum atomic E-state index is 12.2. The molecule has 0 aromatic heterocycles. The lowest BCUT2D eigenvalue weighted by atomic mass is 10.2. The fourth-order valence-corrected chi connectivity index (χ4v) is 1.11. The van der Waals surface area contributed by atoms with Crippen molar-refractivity contribution < 1.29 is 13.2 Å². The number of hydrogen-bond acceptors (Lipinski definition) is 2. The highest BCUT2D eigenvalue weighted by atomic mass is 19.4. The molecule has 72 valence electrons. The molecule has 1 rings (SSSR count). The van der Waals surface area contributed by atoms with E-state index in [0.29, 0.717) is 13.1 Å². The van der Waals surface area contributed by atoms with Crippen LogP contribution in [0.5, 0.6) is 0 Å². The first-order valence-electron chi connectivity index (χ1n) is 3.98.